The molecule has 0 aliphatic heterocycles. The highest BCUT2D eigenvalue weighted by Gasteiger charge is 2.15. The number of nitrogens with zero attached hydrogens (tertiary/aromatic N) is 1. The summed E-state index contributed by atoms with van der Waals surface area (Å²) in [5, 5.41) is 5.71. The van der Waals surface area contributed by atoms with Crippen LogP contribution in [0.5, 0.6) is 0 Å². The van der Waals surface area contributed by atoms with Crippen LogP contribution in [-0.4, -0.2) is 23.5 Å². The van der Waals surface area contributed by atoms with Gasteiger partial charge in [0.2, 0.25) is 0 Å². The van der Waals surface area contributed by atoms with Crippen molar-refractivity contribution in [2.24, 2.45) is 0 Å². The average molecular weight is 393 g/mol. The maximum Gasteiger partial charge on any atom is 0.340 e. The number of amides is 1. The molecule has 29 heavy (non-hydrogen) atoms. The molecule has 2 aromatic carbocycles. The molecule has 0 spiro atoms. The zero-order valence-electron chi connectivity index (χ0n) is 15.8. The van der Waals surface area contributed by atoms with E-state index < -0.39 is 11.9 Å². The van der Waals surface area contributed by atoms with Crippen molar-refractivity contribution in [1.82, 2.24) is 4.98 Å². The number of carbonyl (C=O) groups excluding carboxylic acids is 2. The third kappa shape index (κ3) is 5.16. The number of rotatable bonds is 7. The highest BCUT2D eigenvalue weighted by Crippen LogP contribution is 2.18. The molecule has 0 aliphatic carbocycles. The summed E-state index contributed by atoms with van der Waals surface area (Å²) in [7, 11) is 0. The van der Waals surface area contributed by atoms with Crippen LogP contribution in [0.3, 0.4) is 0 Å². The van der Waals surface area contributed by atoms with Gasteiger partial charge in [0.1, 0.15) is 11.6 Å². The van der Waals surface area contributed by atoms with Crippen LogP contribution in [0.1, 0.15) is 33.2 Å². The van der Waals surface area contributed by atoms with Gasteiger partial charge in [-0.05, 0) is 37.3 Å². The average Bonchev–Trinajstić information content (AvgIpc) is 2.74. The predicted octanol–water partition coefficient (Wildman–Crippen LogP) is 4.26. The van der Waals surface area contributed by atoms with Crippen molar-refractivity contribution in [3.05, 3.63) is 89.4 Å². The summed E-state index contributed by atoms with van der Waals surface area (Å²) in [6.07, 6.45) is 1.41. The van der Waals surface area contributed by atoms with Gasteiger partial charge in [-0.3, -0.25) is 4.79 Å². The van der Waals surface area contributed by atoms with E-state index in [1.54, 1.807) is 61.5 Å². The molecule has 2 N–H and O–H groups in total. The van der Waals surface area contributed by atoms with E-state index in [1.165, 1.54) is 12.3 Å². The van der Waals surface area contributed by atoms with Crippen LogP contribution >= 0.6 is 0 Å². The van der Waals surface area contributed by atoms with Crippen LogP contribution in [0.2, 0.25) is 0 Å². The number of para-hydroxylation sites is 1. The zero-order valence-corrected chi connectivity index (χ0v) is 15.8. The van der Waals surface area contributed by atoms with Crippen LogP contribution in [-0.2, 0) is 11.3 Å². The van der Waals surface area contributed by atoms with Crippen LogP contribution in [0.15, 0.2) is 66.9 Å². The number of nitrogens with one attached hydrogen (secondary N) is 2. The van der Waals surface area contributed by atoms with E-state index >= 15 is 0 Å². The number of esters is 1. The van der Waals surface area contributed by atoms with Gasteiger partial charge < -0.3 is 15.4 Å². The molecule has 1 aromatic heterocycles. The molecule has 0 atom stereocenters. The minimum Gasteiger partial charge on any atom is -0.462 e. The third-order valence-corrected chi connectivity index (χ3v) is 4.11. The Morgan fingerprint density at radius 1 is 1.03 bits per heavy atom. The normalized spacial score (nSPS) is 10.3. The number of aromatic nitrogens is 1. The molecule has 3 rings (SSSR count). The topological polar surface area (TPSA) is 80.3 Å². The smallest absolute Gasteiger partial charge is 0.340 e. The van der Waals surface area contributed by atoms with E-state index in [2.05, 4.69) is 15.6 Å². The van der Waals surface area contributed by atoms with Crippen LogP contribution < -0.4 is 10.6 Å². The van der Waals surface area contributed by atoms with Crippen LogP contribution in [0, 0.1) is 5.82 Å². The fourth-order valence-corrected chi connectivity index (χ4v) is 2.63. The number of hydrogen-bond donors (Lipinski definition) is 2. The number of hydrogen-bond acceptors (Lipinski definition) is 5. The minimum absolute atomic E-state index is 0.242. The van der Waals surface area contributed by atoms with Gasteiger partial charge >= 0.3 is 5.97 Å². The summed E-state index contributed by atoms with van der Waals surface area (Å²) in [4.78, 5) is 28.7. The summed E-state index contributed by atoms with van der Waals surface area (Å²) in [5.74, 6) is -0.697. The minimum atomic E-state index is -0.505. The molecule has 0 saturated heterocycles. The summed E-state index contributed by atoms with van der Waals surface area (Å²) in [6, 6.07) is 16.3. The SMILES string of the molecule is CCOC(=O)c1ccccc1NC(=O)c1ccc(NCc2ccccc2F)nc1. The van der Waals surface area contributed by atoms with Gasteiger partial charge in [0.25, 0.3) is 5.91 Å². The number of ether oxygens (including phenoxy) is 1. The van der Waals surface area contributed by atoms with E-state index in [0.717, 1.165) is 0 Å². The molecule has 148 valence electrons. The first-order valence-electron chi connectivity index (χ1n) is 9.09. The molecular formula is C22H20FN3O3. The van der Waals surface area contributed by atoms with Gasteiger partial charge in [0, 0.05) is 18.3 Å². The maximum absolute atomic E-state index is 13.7. The number of benzene rings is 2. The molecule has 0 unspecified atom stereocenters. The standard InChI is InChI=1S/C22H20FN3O3/c1-2-29-22(28)17-8-4-6-10-19(17)26-21(27)16-11-12-20(25-14-16)24-13-15-7-3-5-9-18(15)23/h3-12,14H,2,13H2,1H3,(H,24,25)(H,26,27). The molecule has 0 aliphatic rings. The third-order valence-electron chi connectivity index (χ3n) is 4.11. The van der Waals surface area contributed by atoms with Crippen molar-refractivity contribution in [2.45, 2.75) is 13.5 Å². The molecule has 7 heteroatoms. The lowest BCUT2D eigenvalue weighted by atomic mass is 10.1. The number of carbonyl (C=O) groups is 2. The second kappa shape index (κ2) is 9.45. The molecule has 0 radical (unpaired) electrons. The van der Waals surface area contributed by atoms with E-state index in [1.807, 2.05) is 0 Å². The Labute approximate surface area is 167 Å². The molecular weight excluding hydrogens is 373 g/mol. The van der Waals surface area contributed by atoms with Crippen LogP contribution in [0.4, 0.5) is 15.9 Å². The lowest BCUT2D eigenvalue weighted by molar-refractivity contribution is 0.0527. The maximum atomic E-state index is 13.7. The van der Waals surface area contributed by atoms with Crippen molar-refractivity contribution in [3.63, 3.8) is 0 Å². The fraction of sp³-hybridized carbons (Fsp3) is 0.136. The Hall–Kier alpha value is -3.74. The molecule has 6 nitrogen and oxygen atoms in total. The van der Waals surface area contributed by atoms with Gasteiger partial charge in [-0.2, -0.15) is 0 Å². The van der Waals surface area contributed by atoms with Gasteiger partial charge in [-0.25, -0.2) is 14.2 Å². The number of pyridine rings is 1. The quantitative estimate of drug-likeness (QED) is 0.586. The predicted molar refractivity (Wildman–Crippen MR) is 108 cm³/mol. The summed E-state index contributed by atoms with van der Waals surface area (Å²) in [5.41, 5.74) is 1.48. The molecule has 0 bridgehead atoms. The van der Waals surface area contributed by atoms with Gasteiger partial charge in [-0.1, -0.05) is 30.3 Å². The second-order valence-electron chi connectivity index (χ2n) is 6.10. The van der Waals surface area contributed by atoms with Gasteiger partial charge in [0.15, 0.2) is 0 Å². The first kappa shape index (κ1) is 20.0. The Balaban J connectivity index is 1.65. The lowest BCUT2D eigenvalue weighted by Gasteiger charge is -2.11. The number of anilines is 2. The lowest BCUT2D eigenvalue weighted by Crippen LogP contribution is -2.16. The van der Waals surface area contributed by atoms with Crippen molar-refractivity contribution < 1.29 is 18.7 Å². The Kier molecular flexibility index (Phi) is 6.52. The van der Waals surface area contributed by atoms with E-state index in [9.17, 15) is 14.0 Å². The van der Waals surface area contributed by atoms with Crippen molar-refractivity contribution in [1.29, 1.82) is 0 Å². The monoisotopic (exact) mass is 393 g/mol. The largest absolute Gasteiger partial charge is 0.462 e. The van der Waals surface area contributed by atoms with E-state index in [4.69, 9.17) is 4.74 Å². The van der Waals surface area contributed by atoms with E-state index in [0.29, 0.717) is 22.6 Å². The first-order valence-corrected chi connectivity index (χ1v) is 9.09. The second-order valence-corrected chi connectivity index (χ2v) is 6.10. The first-order chi connectivity index (χ1) is 14.1. The Bertz CT molecular complexity index is 1010. The molecule has 0 fully saturated rings. The zero-order chi connectivity index (χ0) is 20.6. The summed E-state index contributed by atoms with van der Waals surface area (Å²) < 4.78 is 18.7. The fourth-order valence-electron chi connectivity index (χ4n) is 2.63. The van der Waals surface area contributed by atoms with Crippen molar-refractivity contribution in [3.8, 4) is 0 Å². The molecule has 0 saturated carbocycles. The van der Waals surface area contributed by atoms with Crippen molar-refractivity contribution in [2.75, 3.05) is 17.2 Å². The summed E-state index contributed by atoms with van der Waals surface area (Å²) in [6.45, 7) is 2.23. The highest BCUT2D eigenvalue weighted by molar-refractivity contribution is 6.07. The summed E-state index contributed by atoms with van der Waals surface area (Å²) >= 11 is 0. The van der Waals surface area contributed by atoms with E-state index in [-0.39, 0.29) is 24.5 Å². The van der Waals surface area contributed by atoms with Gasteiger partial charge in [0.05, 0.1) is 23.4 Å². The highest BCUT2D eigenvalue weighted by atomic mass is 19.1. The van der Waals surface area contributed by atoms with Crippen LogP contribution in [0.25, 0.3) is 0 Å². The molecule has 1 heterocycles. The van der Waals surface area contributed by atoms with Gasteiger partial charge in [-0.15, -0.1) is 0 Å². The van der Waals surface area contributed by atoms with Crippen molar-refractivity contribution >= 4 is 23.4 Å². The Morgan fingerprint density at radius 2 is 1.79 bits per heavy atom. The Morgan fingerprint density at radius 3 is 2.52 bits per heavy atom. The number of halogens is 1. The molecule has 3 aromatic rings. The molecule has 1 amide bonds.